The molecule has 27 heavy (non-hydrogen) atoms. The van der Waals surface area contributed by atoms with Crippen molar-refractivity contribution in [2.75, 3.05) is 11.5 Å². The maximum absolute atomic E-state index is 12.4. The molecule has 2 atom stereocenters. The van der Waals surface area contributed by atoms with Crippen molar-refractivity contribution in [1.29, 1.82) is 0 Å². The van der Waals surface area contributed by atoms with Gasteiger partial charge in [0.2, 0.25) is 0 Å². The fourth-order valence-corrected chi connectivity index (χ4v) is 8.20. The first kappa shape index (κ1) is 19.0. The van der Waals surface area contributed by atoms with Crippen LogP contribution < -0.4 is 0 Å². The highest BCUT2D eigenvalue weighted by Crippen LogP contribution is 2.39. The van der Waals surface area contributed by atoms with Crippen molar-refractivity contribution in [3.05, 3.63) is 57.2 Å². The molecule has 2 saturated heterocycles. The number of rotatable bonds is 4. The number of aliphatic imine (C=N–C) groups is 1. The van der Waals surface area contributed by atoms with Crippen LogP contribution in [-0.2, 0) is 27.6 Å². The summed E-state index contributed by atoms with van der Waals surface area (Å²) < 4.78 is 24.2. The van der Waals surface area contributed by atoms with Crippen LogP contribution in [0.25, 0.3) is 0 Å². The zero-order valence-corrected chi connectivity index (χ0v) is 17.5. The molecule has 9 heteroatoms. The van der Waals surface area contributed by atoms with Gasteiger partial charge in [0.05, 0.1) is 24.0 Å². The lowest BCUT2D eigenvalue weighted by Gasteiger charge is -2.24. The highest BCUT2D eigenvalue weighted by Gasteiger charge is 2.48. The van der Waals surface area contributed by atoms with Crippen LogP contribution in [0.3, 0.4) is 0 Å². The Morgan fingerprint density at radius 1 is 1.22 bits per heavy atom. The topological polar surface area (TPSA) is 66.8 Å². The largest absolute Gasteiger partial charge is 0.342 e. The lowest BCUT2D eigenvalue weighted by atomic mass is 10.1. The predicted octanol–water partition coefficient (Wildman–Crippen LogP) is 3.24. The first-order valence-corrected chi connectivity index (χ1v) is 12.4. The molecule has 5 nitrogen and oxygen atoms in total. The number of nitrogens with zero attached hydrogens (tertiary/aromatic N) is 2. The fraction of sp³-hybridized carbons (Fsp3) is 0.333. The van der Waals surface area contributed by atoms with Crippen LogP contribution in [0.5, 0.6) is 0 Å². The van der Waals surface area contributed by atoms with Crippen molar-refractivity contribution in [3.8, 4) is 0 Å². The Balaban J connectivity index is 1.60. The lowest BCUT2D eigenvalue weighted by molar-refractivity contribution is -0.117. The number of amides is 1. The summed E-state index contributed by atoms with van der Waals surface area (Å²) in [5.74, 6) is -0.000773. The predicted molar refractivity (Wildman–Crippen MR) is 111 cm³/mol. The highest BCUT2D eigenvalue weighted by atomic mass is 35.5. The van der Waals surface area contributed by atoms with Crippen LogP contribution >= 0.6 is 34.7 Å². The molecule has 1 amide bonds. The number of thioether (sulfide) groups is 1. The van der Waals surface area contributed by atoms with Crippen LogP contribution in [0.15, 0.2) is 46.8 Å². The minimum Gasteiger partial charge on any atom is -0.342 e. The summed E-state index contributed by atoms with van der Waals surface area (Å²) in [5.41, 5.74) is 0.892. The van der Waals surface area contributed by atoms with Gasteiger partial charge >= 0.3 is 0 Å². The smallest absolute Gasteiger partial charge is 0.253 e. The van der Waals surface area contributed by atoms with Gasteiger partial charge in [0.15, 0.2) is 15.0 Å². The Morgan fingerprint density at radius 3 is 2.78 bits per heavy atom. The van der Waals surface area contributed by atoms with E-state index in [4.69, 9.17) is 11.6 Å². The minimum atomic E-state index is -3.07. The van der Waals surface area contributed by atoms with Crippen molar-refractivity contribution >= 4 is 55.6 Å². The molecule has 2 aromatic rings. The van der Waals surface area contributed by atoms with Crippen LogP contribution in [-0.4, -0.2) is 47.2 Å². The van der Waals surface area contributed by atoms with Gasteiger partial charge in [-0.1, -0.05) is 47.6 Å². The number of hydrogen-bond donors (Lipinski definition) is 0. The summed E-state index contributed by atoms with van der Waals surface area (Å²) in [5, 5.41) is 3.06. The second-order valence-electron chi connectivity index (χ2n) is 6.56. The van der Waals surface area contributed by atoms with Gasteiger partial charge in [0.1, 0.15) is 0 Å². The molecule has 0 radical (unpaired) electrons. The van der Waals surface area contributed by atoms with Crippen molar-refractivity contribution in [2.24, 2.45) is 4.99 Å². The summed E-state index contributed by atoms with van der Waals surface area (Å²) in [6, 6.07) is 11.1. The third-order valence-corrected chi connectivity index (χ3v) is 9.09. The van der Waals surface area contributed by atoms with Crippen LogP contribution in [0, 0.1) is 0 Å². The number of sulfone groups is 1. The number of carbonyl (C=O) groups excluding carboxylic acids is 1. The number of amidine groups is 1. The molecule has 2 fully saturated rings. The second-order valence-corrected chi connectivity index (χ2v) is 11.4. The van der Waals surface area contributed by atoms with E-state index in [0.29, 0.717) is 16.7 Å². The van der Waals surface area contributed by atoms with E-state index in [2.05, 4.69) is 4.99 Å². The summed E-state index contributed by atoms with van der Waals surface area (Å²) in [6.45, 7) is 0.439. The molecule has 0 spiro atoms. The molecule has 4 rings (SSSR count). The summed E-state index contributed by atoms with van der Waals surface area (Å²) in [4.78, 5) is 19.6. The van der Waals surface area contributed by atoms with Gasteiger partial charge in [0.25, 0.3) is 5.91 Å². The molecule has 142 valence electrons. The molecular weight excluding hydrogens is 424 g/mol. The molecule has 2 aliphatic heterocycles. The first-order valence-electron chi connectivity index (χ1n) is 8.42. The summed E-state index contributed by atoms with van der Waals surface area (Å²) >= 11 is 9.21. The number of thiophene rings is 1. The van der Waals surface area contributed by atoms with E-state index in [1.807, 2.05) is 46.7 Å². The summed E-state index contributed by atoms with van der Waals surface area (Å²) in [7, 11) is -3.07. The maximum atomic E-state index is 12.4. The Bertz CT molecular complexity index is 989. The molecule has 2 aliphatic rings. The van der Waals surface area contributed by atoms with Crippen LogP contribution in [0.2, 0.25) is 5.02 Å². The van der Waals surface area contributed by atoms with Gasteiger partial charge in [-0.3, -0.25) is 4.79 Å². The Hall–Kier alpha value is -1.35. The molecule has 1 aromatic heterocycles. The van der Waals surface area contributed by atoms with E-state index in [0.717, 1.165) is 10.4 Å². The fourth-order valence-electron chi connectivity index (χ4n) is 3.34. The van der Waals surface area contributed by atoms with Crippen molar-refractivity contribution in [1.82, 2.24) is 4.90 Å². The van der Waals surface area contributed by atoms with Gasteiger partial charge in [-0.15, -0.1) is 11.3 Å². The minimum absolute atomic E-state index is 0.0905. The Labute approximate surface area is 171 Å². The zero-order valence-electron chi connectivity index (χ0n) is 14.2. The molecule has 3 heterocycles. The average Bonchev–Trinajstić information content (AvgIpc) is 3.27. The normalized spacial score (nSPS) is 25.1. The number of halogens is 1. The van der Waals surface area contributed by atoms with E-state index >= 15 is 0 Å². The Kier molecular flexibility index (Phi) is 5.33. The van der Waals surface area contributed by atoms with Crippen molar-refractivity contribution in [2.45, 2.75) is 24.3 Å². The average molecular weight is 441 g/mol. The van der Waals surface area contributed by atoms with Crippen LogP contribution in [0.1, 0.15) is 10.4 Å². The molecule has 0 aliphatic carbocycles. The number of benzene rings is 1. The second kappa shape index (κ2) is 7.58. The number of hydrogen-bond acceptors (Lipinski definition) is 5. The third-order valence-electron chi connectivity index (χ3n) is 4.60. The highest BCUT2D eigenvalue weighted by molar-refractivity contribution is 8.15. The summed E-state index contributed by atoms with van der Waals surface area (Å²) in [6.07, 6.45) is 0.259. The standard InChI is InChI=1S/C18H17ClN2O3S3/c19-14-6-2-1-4-12(14)9-21-15-10-27(23,24)11-16(15)26-18(21)20-17(22)8-13-5-3-7-25-13/h1-7,15-16H,8-11H2. The van der Waals surface area contributed by atoms with Gasteiger partial charge in [-0.2, -0.15) is 4.99 Å². The quantitative estimate of drug-likeness (QED) is 0.730. The van der Waals surface area contributed by atoms with E-state index in [1.54, 1.807) is 0 Å². The van der Waals surface area contributed by atoms with Gasteiger partial charge < -0.3 is 4.90 Å². The first-order chi connectivity index (χ1) is 12.9. The van der Waals surface area contributed by atoms with E-state index in [9.17, 15) is 13.2 Å². The van der Waals surface area contributed by atoms with Crippen molar-refractivity contribution in [3.63, 3.8) is 0 Å². The van der Waals surface area contributed by atoms with Crippen molar-refractivity contribution < 1.29 is 13.2 Å². The van der Waals surface area contributed by atoms with Gasteiger partial charge in [-0.25, -0.2) is 8.42 Å². The third kappa shape index (κ3) is 4.23. The van der Waals surface area contributed by atoms with E-state index < -0.39 is 9.84 Å². The van der Waals surface area contributed by atoms with Gasteiger partial charge in [-0.05, 0) is 23.1 Å². The molecule has 2 unspecified atom stereocenters. The lowest BCUT2D eigenvalue weighted by Crippen LogP contribution is -2.37. The Morgan fingerprint density at radius 2 is 2.04 bits per heavy atom. The molecule has 0 saturated carbocycles. The van der Waals surface area contributed by atoms with Gasteiger partial charge in [0, 0.05) is 21.7 Å². The molecule has 0 N–H and O–H groups in total. The van der Waals surface area contributed by atoms with Crippen LogP contribution in [0.4, 0.5) is 0 Å². The molecule has 0 bridgehead atoms. The molecular formula is C18H17ClN2O3S3. The monoisotopic (exact) mass is 440 g/mol. The maximum Gasteiger partial charge on any atom is 0.253 e. The number of fused-ring (bicyclic) bond motifs is 1. The number of carbonyl (C=O) groups is 1. The molecule has 1 aromatic carbocycles. The zero-order chi connectivity index (χ0) is 19.0. The van der Waals surface area contributed by atoms with E-state index in [-0.39, 0.29) is 35.1 Å². The SMILES string of the molecule is O=C(Cc1cccs1)N=C1SC2CS(=O)(=O)CC2N1Cc1ccccc1Cl. The van der Waals surface area contributed by atoms with E-state index in [1.165, 1.54) is 23.1 Å².